The van der Waals surface area contributed by atoms with Crippen LogP contribution in [0.15, 0.2) is 0 Å². The summed E-state index contributed by atoms with van der Waals surface area (Å²) >= 11 is 0. The molecule has 0 saturated carbocycles. The van der Waals surface area contributed by atoms with E-state index in [1.807, 2.05) is 11.8 Å². The third-order valence-electron chi connectivity index (χ3n) is 3.68. The van der Waals surface area contributed by atoms with Gasteiger partial charge in [-0.2, -0.15) is 0 Å². The molecule has 0 radical (unpaired) electrons. The fraction of sp³-hybridized carbons (Fsp3) is 0.846. The van der Waals surface area contributed by atoms with E-state index in [-0.39, 0.29) is 23.9 Å². The van der Waals surface area contributed by atoms with Crippen LogP contribution in [0.1, 0.15) is 39.0 Å². The first-order valence-corrected chi connectivity index (χ1v) is 6.98. The molecule has 2 aliphatic heterocycles. The van der Waals surface area contributed by atoms with E-state index in [2.05, 4.69) is 10.6 Å². The van der Waals surface area contributed by atoms with E-state index in [9.17, 15) is 9.59 Å². The van der Waals surface area contributed by atoms with E-state index < -0.39 is 0 Å². The second-order valence-electron chi connectivity index (χ2n) is 5.36. The summed E-state index contributed by atoms with van der Waals surface area (Å²) in [5.74, 6) is 0.292. The van der Waals surface area contributed by atoms with Gasteiger partial charge in [0.15, 0.2) is 0 Å². The number of hydrogen-bond donors (Lipinski definition) is 2. The van der Waals surface area contributed by atoms with Crippen molar-refractivity contribution < 1.29 is 9.59 Å². The molecule has 0 aromatic heterocycles. The molecule has 2 heterocycles. The van der Waals surface area contributed by atoms with Crippen molar-refractivity contribution in [1.82, 2.24) is 15.5 Å². The summed E-state index contributed by atoms with van der Waals surface area (Å²) in [5.41, 5.74) is 0. The number of nitrogens with zero attached hydrogens (tertiary/aromatic N) is 1. The molecule has 5 nitrogen and oxygen atoms in total. The molecule has 0 aromatic rings. The molecule has 2 atom stereocenters. The van der Waals surface area contributed by atoms with Crippen LogP contribution in [0.4, 0.5) is 0 Å². The minimum absolute atomic E-state index is 0.0308. The van der Waals surface area contributed by atoms with Gasteiger partial charge in [-0.25, -0.2) is 0 Å². The fourth-order valence-corrected chi connectivity index (χ4v) is 2.69. The topological polar surface area (TPSA) is 61.4 Å². The second-order valence-corrected chi connectivity index (χ2v) is 5.36. The summed E-state index contributed by atoms with van der Waals surface area (Å²) in [6.07, 6.45) is 4.79. The molecular formula is C13H23N3O2. The summed E-state index contributed by atoms with van der Waals surface area (Å²) in [5, 5.41) is 6.24. The Kier molecular flexibility index (Phi) is 4.58. The van der Waals surface area contributed by atoms with Gasteiger partial charge in [-0.05, 0) is 32.7 Å². The van der Waals surface area contributed by atoms with Crippen LogP contribution in [-0.2, 0) is 9.59 Å². The van der Waals surface area contributed by atoms with Gasteiger partial charge in [-0.3, -0.25) is 9.59 Å². The Hall–Kier alpha value is -1.10. The lowest BCUT2D eigenvalue weighted by Crippen LogP contribution is -2.51. The highest BCUT2D eigenvalue weighted by molar-refractivity contribution is 5.82. The molecule has 0 aromatic carbocycles. The molecule has 0 bridgehead atoms. The molecule has 102 valence electrons. The maximum absolute atomic E-state index is 12.0. The number of piperidine rings is 1. The molecule has 0 spiro atoms. The molecule has 2 fully saturated rings. The van der Waals surface area contributed by atoms with Crippen LogP contribution < -0.4 is 10.6 Å². The minimum Gasteiger partial charge on any atom is -0.351 e. The van der Waals surface area contributed by atoms with Gasteiger partial charge >= 0.3 is 0 Å². The first-order valence-electron chi connectivity index (χ1n) is 6.98. The minimum atomic E-state index is -0.0459. The number of carbonyl (C=O) groups excluding carboxylic acids is 2. The van der Waals surface area contributed by atoms with E-state index in [1.54, 1.807) is 0 Å². The Morgan fingerprint density at radius 1 is 1.50 bits per heavy atom. The smallest absolute Gasteiger partial charge is 0.237 e. The lowest BCUT2D eigenvalue weighted by Gasteiger charge is -2.26. The van der Waals surface area contributed by atoms with Crippen molar-refractivity contribution in [2.24, 2.45) is 0 Å². The van der Waals surface area contributed by atoms with Gasteiger partial charge < -0.3 is 15.5 Å². The highest BCUT2D eigenvalue weighted by Crippen LogP contribution is 2.10. The second kappa shape index (κ2) is 6.18. The maximum atomic E-state index is 12.0. The molecular weight excluding hydrogens is 230 g/mol. The number of likely N-dealkylation sites (tertiary alicyclic amines) is 1. The third-order valence-corrected chi connectivity index (χ3v) is 3.68. The number of rotatable bonds is 4. The van der Waals surface area contributed by atoms with Gasteiger partial charge in [-0.15, -0.1) is 0 Å². The average molecular weight is 253 g/mol. The highest BCUT2D eigenvalue weighted by atomic mass is 16.2. The van der Waals surface area contributed by atoms with Gasteiger partial charge in [0.2, 0.25) is 11.8 Å². The van der Waals surface area contributed by atoms with Crippen LogP contribution in [0.3, 0.4) is 0 Å². The average Bonchev–Trinajstić information content (AvgIpc) is 2.76. The van der Waals surface area contributed by atoms with Crippen molar-refractivity contribution in [2.75, 3.05) is 19.6 Å². The SMILES string of the molecule is CC(CN1CCCC1=O)NC(=O)C1CCCCN1. The number of amides is 2. The van der Waals surface area contributed by atoms with Gasteiger partial charge in [0.25, 0.3) is 0 Å². The van der Waals surface area contributed by atoms with Gasteiger partial charge in [-0.1, -0.05) is 6.42 Å². The Balaban J connectivity index is 1.74. The van der Waals surface area contributed by atoms with Crippen molar-refractivity contribution >= 4 is 11.8 Å². The first kappa shape index (κ1) is 13.3. The molecule has 18 heavy (non-hydrogen) atoms. The standard InChI is InChI=1S/C13H23N3O2/c1-10(9-16-8-4-6-12(16)17)15-13(18)11-5-2-3-7-14-11/h10-11,14H,2-9H2,1H3,(H,15,18). The zero-order valence-electron chi connectivity index (χ0n) is 11.1. The predicted molar refractivity (Wildman–Crippen MR) is 69.1 cm³/mol. The predicted octanol–water partition coefficient (Wildman–Crippen LogP) is 0.256. The third kappa shape index (κ3) is 3.45. The molecule has 2 rings (SSSR count). The monoisotopic (exact) mass is 253 g/mol. The lowest BCUT2D eigenvalue weighted by molar-refractivity contribution is -0.129. The van der Waals surface area contributed by atoms with E-state index in [1.165, 1.54) is 0 Å². The summed E-state index contributed by atoms with van der Waals surface area (Å²) in [6.45, 7) is 4.36. The summed E-state index contributed by atoms with van der Waals surface area (Å²) < 4.78 is 0. The normalized spacial score (nSPS) is 26.2. The van der Waals surface area contributed by atoms with E-state index in [0.29, 0.717) is 13.0 Å². The van der Waals surface area contributed by atoms with E-state index in [0.717, 1.165) is 38.8 Å². The summed E-state index contributed by atoms with van der Waals surface area (Å²) in [6, 6.07) is -0.0150. The number of hydrogen-bond acceptors (Lipinski definition) is 3. The van der Waals surface area contributed by atoms with Crippen LogP contribution in [0.5, 0.6) is 0 Å². The summed E-state index contributed by atoms with van der Waals surface area (Å²) in [4.78, 5) is 25.3. The zero-order valence-corrected chi connectivity index (χ0v) is 11.1. The largest absolute Gasteiger partial charge is 0.351 e. The Labute approximate surface area is 108 Å². The van der Waals surface area contributed by atoms with E-state index >= 15 is 0 Å². The molecule has 2 aliphatic rings. The molecule has 2 amide bonds. The Bertz CT molecular complexity index is 313. The lowest BCUT2D eigenvalue weighted by atomic mass is 10.0. The maximum Gasteiger partial charge on any atom is 0.237 e. The van der Waals surface area contributed by atoms with Crippen molar-refractivity contribution in [3.8, 4) is 0 Å². The number of nitrogens with one attached hydrogen (secondary N) is 2. The first-order chi connectivity index (χ1) is 8.66. The van der Waals surface area contributed by atoms with Crippen molar-refractivity contribution in [2.45, 2.75) is 51.1 Å². The molecule has 2 N–H and O–H groups in total. The van der Waals surface area contributed by atoms with Crippen molar-refractivity contribution in [1.29, 1.82) is 0 Å². The van der Waals surface area contributed by atoms with Gasteiger partial charge in [0.1, 0.15) is 0 Å². The Morgan fingerprint density at radius 3 is 2.94 bits per heavy atom. The van der Waals surface area contributed by atoms with Crippen LogP contribution in [-0.4, -0.2) is 48.4 Å². The fourth-order valence-electron chi connectivity index (χ4n) is 2.69. The zero-order chi connectivity index (χ0) is 13.0. The van der Waals surface area contributed by atoms with Crippen LogP contribution in [0.25, 0.3) is 0 Å². The van der Waals surface area contributed by atoms with Gasteiger partial charge in [0.05, 0.1) is 6.04 Å². The molecule has 2 unspecified atom stereocenters. The number of carbonyl (C=O) groups is 2. The molecule has 5 heteroatoms. The Morgan fingerprint density at radius 2 is 2.33 bits per heavy atom. The van der Waals surface area contributed by atoms with Crippen LogP contribution in [0, 0.1) is 0 Å². The quantitative estimate of drug-likeness (QED) is 0.755. The summed E-state index contributed by atoms with van der Waals surface area (Å²) in [7, 11) is 0. The van der Waals surface area contributed by atoms with Crippen molar-refractivity contribution in [3.63, 3.8) is 0 Å². The molecule has 2 saturated heterocycles. The molecule has 0 aliphatic carbocycles. The van der Waals surface area contributed by atoms with Crippen LogP contribution in [0.2, 0.25) is 0 Å². The highest BCUT2D eigenvalue weighted by Gasteiger charge is 2.25. The van der Waals surface area contributed by atoms with E-state index in [4.69, 9.17) is 0 Å². The van der Waals surface area contributed by atoms with Crippen molar-refractivity contribution in [3.05, 3.63) is 0 Å². The van der Waals surface area contributed by atoms with Crippen LogP contribution >= 0.6 is 0 Å². The van der Waals surface area contributed by atoms with Gasteiger partial charge in [0, 0.05) is 25.6 Å².